The summed E-state index contributed by atoms with van der Waals surface area (Å²) in [5.74, 6) is -0.351. The van der Waals surface area contributed by atoms with E-state index in [1.165, 1.54) is 18.9 Å². The van der Waals surface area contributed by atoms with Gasteiger partial charge < -0.3 is 14.8 Å². The Bertz CT molecular complexity index is 333. The number of furan rings is 1. The number of rotatable bonds is 7. The summed E-state index contributed by atoms with van der Waals surface area (Å²) in [6.07, 6.45) is 3.53. The van der Waals surface area contributed by atoms with Crippen LogP contribution >= 0.6 is 0 Å². The number of hydrogen-bond acceptors (Lipinski definition) is 3. The van der Waals surface area contributed by atoms with Crippen molar-refractivity contribution in [3.63, 3.8) is 0 Å². The molecule has 1 unspecified atom stereocenters. The fourth-order valence-corrected chi connectivity index (χ4v) is 1.49. The lowest BCUT2D eigenvalue weighted by atomic mass is 10.2. The molecule has 0 fully saturated rings. The summed E-state index contributed by atoms with van der Waals surface area (Å²) < 4.78 is 5.20. The quantitative estimate of drug-likeness (QED) is 0.700. The van der Waals surface area contributed by atoms with Crippen molar-refractivity contribution < 1.29 is 14.3 Å². The molecule has 0 aliphatic heterocycles. The first kappa shape index (κ1) is 12.8. The van der Waals surface area contributed by atoms with Gasteiger partial charge in [0.1, 0.15) is 5.76 Å². The highest BCUT2D eigenvalue weighted by molar-refractivity contribution is 5.84. The molecule has 1 atom stereocenters. The highest BCUT2D eigenvalue weighted by atomic mass is 16.4. The average Bonchev–Trinajstić information content (AvgIpc) is 2.73. The number of carbonyl (C=O) groups is 1. The second-order valence-electron chi connectivity index (χ2n) is 3.89. The van der Waals surface area contributed by atoms with Gasteiger partial charge in [0.2, 0.25) is 5.76 Å². The molecule has 1 rings (SSSR count). The second kappa shape index (κ2) is 6.33. The molecule has 0 aromatic carbocycles. The first-order valence-corrected chi connectivity index (χ1v) is 5.71. The van der Waals surface area contributed by atoms with E-state index in [1.807, 2.05) is 6.92 Å². The molecule has 0 spiro atoms. The van der Waals surface area contributed by atoms with E-state index in [2.05, 4.69) is 12.2 Å². The summed E-state index contributed by atoms with van der Waals surface area (Å²) in [7, 11) is 0. The molecule has 0 saturated carbocycles. The zero-order valence-electron chi connectivity index (χ0n) is 9.82. The minimum atomic E-state index is -1.02. The van der Waals surface area contributed by atoms with Gasteiger partial charge >= 0.3 is 5.97 Å². The fraction of sp³-hybridized carbons (Fsp3) is 0.583. The first-order valence-electron chi connectivity index (χ1n) is 5.71. The molecule has 4 nitrogen and oxygen atoms in total. The summed E-state index contributed by atoms with van der Waals surface area (Å²) in [5.41, 5.74) is 0. The van der Waals surface area contributed by atoms with Crippen molar-refractivity contribution in [3.05, 3.63) is 23.7 Å². The summed E-state index contributed by atoms with van der Waals surface area (Å²) in [6.45, 7) is 5.06. The van der Waals surface area contributed by atoms with Crippen molar-refractivity contribution in [2.24, 2.45) is 0 Å². The lowest BCUT2D eigenvalue weighted by molar-refractivity contribution is 0.0659. The van der Waals surface area contributed by atoms with Crippen LogP contribution in [0.2, 0.25) is 0 Å². The number of unbranched alkanes of at least 4 members (excludes halogenated alkanes) is 2. The third-order valence-electron chi connectivity index (χ3n) is 2.50. The summed E-state index contributed by atoms with van der Waals surface area (Å²) in [4.78, 5) is 10.6. The van der Waals surface area contributed by atoms with E-state index in [-0.39, 0.29) is 11.8 Å². The van der Waals surface area contributed by atoms with Crippen molar-refractivity contribution in [2.75, 3.05) is 6.54 Å². The van der Waals surface area contributed by atoms with Crippen LogP contribution in [0.15, 0.2) is 16.5 Å². The van der Waals surface area contributed by atoms with E-state index in [1.54, 1.807) is 6.07 Å². The number of nitrogens with one attached hydrogen (secondary N) is 1. The van der Waals surface area contributed by atoms with E-state index in [0.29, 0.717) is 5.76 Å². The standard InChI is InChI=1S/C12H19NO3/c1-3-4-5-8-13-9(2)10-6-7-11(16-10)12(14)15/h6-7,9,13H,3-5,8H2,1-2H3,(H,14,15). The van der Waals surface area contributed by atoms with Gasteiger partial charge in [-0.15, -0.1) is 0 Å². The third kappa shape index (κ3) is 3.70. The molecule has 2 N–H and O–H groups in total. The molecule has 0 amide bonds. The van der Waals surface area contributed by atoms with Gasteiger partial charge in [0, 0.05) is 0 Å². The van der Waals surface area contributed by atoms with Crippen molar-refractivity contribution in [2.45, 2.75) is 39.2 Å². The van der Waals surface area contributed by atoms with Crippen LogP contribution in [-0.2, 0) is 0 Å². The van der Waals surface area contributed by atoms with Crippen LogP contribution in [0.25, 0.3) is 0 Å². The van der Waals surface area contributed by atoms with Crippen LogP contribution in [0.1, 0.15) is 55.5 Å². The van der Waals surface area contributed by atoms with E-state index in [9.17, 15) is 4.79 Å². The fourth-order valence-electron chi connectivity index (χ4n) is 1.49. The highest BCUT2D eigenvalue weighted by Gasteiger charge is 2.13. The topological polar surface area (TPSA) is 62.5 Å². The molecule has 0 saturated heterocycles. The Hall–Kier alpha value is -1.29. The molecule has 0 bridgehead atoms. The zero-order chi connectivity index (χ0) is 12.0. The lowest BCUT2D eigenvalue weighted by Gasteiger charge is -2.10. The zero-order valence-corrected chi connectivity index (χ0v) is 9.82. The van der Waals surface area contributed by atoms with Gasteiger partial charge in [0.25, 0.3) is 0 Å². The Morgan fingerprint density at radius 3 is 2.81 bits per heavy atom. The van der Waals surface area contributed by atoms with Crippen molar-refractivity contribution >= 4 is 5.97 Å². The van der Waals surface area contributed by atoms with Crippen LogP contribution in [0.3, 0.4) is 0 Å². The minimum Gasteiger partial charge on any atom is -0.475 e. The van der Waals surface area contributed by atoms with E-state index >= 15 is 0 Å². The molecule has 90 valence electrons. The molecule has 16 heavy (non-hydrogen) atoms. The van der Waals surface area contributed by atoms with Crippen LogP contribution < -0.4 is 5.32 Å². The second-order valence-corrected chi connectivity index (χ2v) is 3.89. The maximum atomic E-state index is 10.6. The van der Waals surface area contributed by atoms with Crippen molar-refractivity contribution in [1.29, 1.82) is 0 Å². The molecule has 0 aliphatic carbocycles. The summed E-state index contributed by atoms with van der Waals surface area (Å²) >= 11 is 0. The van der Waals surface area contributed by atoms with Gasteiger partial charge in [0.05, 0.1) is 6.04 Å². The summed E-state index contributed by atoms with van der Waals surface area (Å²) in [5, 5.41) is 12.0. The Morgan fingerprint density at radius 2 is 2.25 bits per heavy atom. The summed E-state index contributed by atoms with van der Waals surface area (Å²) in [6, 6.07) is 3.26. The first-order chi connectivity index (χ1) is 7.65. The Balaban J connectivity index is 2.40. The molecule has 0 aliphatic rings. The van der Waals surface area contributed by atoms with E-state index < -0.39 is 5.97 Å². The third-order valence-corrected chi connectivity index (χ3v) is 2.50. The van der Waals surface area contributed by atoms with Gasteiger partial charge in [-0.05, 0) is 32.0 Å². The van der Waals surface area contributed by atoms with E-state index in [0.717, 1.165) is 13.0 Å². The number of aromatic carboxylic acids is 1. The van der Waals surface area contributed by atoms with Gasteiger partial charge in [-0.25, -0.2) is 4.79 Å². The monoisotopic (exact) mass is 225 g/mol. The maximum absolute atomic E-state index is 10.6. The van der Waals surface area contributed by atoms with Crippen LogP contribution in [0.5, 0.6) is 0 Å². The normalized spacial score (nSPS) is 12.6. The Kier molecular flexibility index (Phi) is 5.05. The predicted octanol–water partition coefficient (Wildman–Crippen LogP) is 2.82. The molecule has 0 radical (unpaired) electrons. The van der Waals surface area contributed by atoms with Gasteiger partial charge in [-0.2, -0.15) is 0 Å². The highest BCUT2D eigenvalue weighted by Crippen LogP contribution is 2.16. The molecular weight excluding hydrogens is 206 g/mol. The van der Waals surface area contributed by atoms with Crippen LogP contribution in [0, 0.1) is 0 Å². The number of carboxylic acids is 1. The Labute approximate surface area is 95.7 Å². The van der Waals surface area contributed by atoms with E-state index in [4.69, 9.17) is 9.52 Å². The molecule has 1 heterocycles. The molecule has 1 aromatic heterocycles. The van der Waals surface area contributed by atoms with Gasteiger partial charge in [0.15, 0.2) is 0 Å². The lowest BCUT2D eigenvalue weighted by Crippen LogP contribution is -2.19. The molecular formula is C12H19NO3. The number of hydrogen-bond donors (Lipinski definition) is 2. The number of carboxylic acid groups (broad SMARTS) is 1. The smallest absolute Gasteiger partial charge is 0.371 e. The minimum absolute atomic E-state index is 0.00259. The van der Waals surface area contributed by atoms with Crippen LogP contribution in [0.4, 0.5) is 0 Å². The molecule has 1 aromatic rings. The Morgan fingerprint density at radius 1 is 1.50 bits per heavy atom. The maximum Gasteiger partial charge on any atom is 0.371 e. The SMILES string of the molecule is CCCCCNC(C)c1ccc(C(=O)O)o1. The predicted molar refractivity (Wildman–Crippen MR) is 61.6 cm³/mol. The van der Waals surface area contributed by atoms with Crippen molar-refractivity contribution in [3.8, 4) is 0 Å². The van der Waals surface area contributed by atoms with Gasteiger partial charge in [-0.3, -0.25) is 0 Å². The van der Waals surface area contributed by atoms with Crippen molar-refractivity contribution in [1.82, 2.24) is 5.32 Å². The molecule has 4 heteroatoms. The van der Waals surface area contributed by atoms with Gasteiger partial charge in [-0.1, -0.05) is 19.8 Å². The largest absolute Gasteiger partial charge is 0.475 e. The average molecular weight is 225 g/mol. The van der Waals surface area contributed by atoms with Crippen LogP contribution in [-0.4, -0.2) is 17.6 Å².